The van der Waals surface area contributed by atoms with Crippen LogP contribution in [0.5, 0.6) is 5.75 Å². The Balaban J connectivity index is 1.49. The van der Waals surface area contributed by atoms with Crippen LogP contribution in [0.2, 0.25) is 0 Å². The van der Waals surface area contributed by atoms with E-state index in [2.05, 4.69) is 16.3 Å². The van der Waals surface area contributed by atoms with Crippen LogP contribution in [0.3, 0.4) is 0 Å². The van der Waals surface area contributed by atoms with Gasteiger partial charge in [-0.15, -0.1) is 0 Å². The number of carbonyl (C=O) groups is 1. The first-order valence-corrected chi connectivity index (χ1v) is 12.4. The molecule has 1 amide bonds. The number of hydrogen-bond acceptors (Lipinski definition) is 5. The Labute approximate surface area is 199 Å². The Bertz CT molecular complexity index is 1200. The van der Waals surface area contributed by atoms with Gasteiger partial charge in [-0.3, -0.25) is 9.59 Å². The van der Waals surface area contributed by atoms with Gasteiger partial charge in [0.2, 0.25) is 5.43 Å². The molecule has 1 aromatic heterocycles. The molecule has 2 aliphatic heterocycles. The molecule has 1 fully saturated rings. The van der Waals surface area contributed by atoms with E-state index in [0.29, 0.717) is 43.2 Å². The maximum Gasteiger partial charge on any atom is 0.256 e. The second-order valence-corrected chi connectivity index (χ2v) is 9.78. The van der Waals surface area contributed by atoms with Gasteiger partial charge in [-0.05, 0) is 52.1 Å². The zero-order valence-corrected chi connectivity index (χ0v) is 20.0. The van der Waals surface area contributed by atoms with Crippen LogP contribution in [0.25, 0.3) is 10.9 Å². The van der Waals surface area contributed by atoms with Gasteiger partial charge in [0.15, 0.2) is 11.6 Å². The molecule has 1 saturated heterocycles. The minimum Gasteiger partial charge on any atom is -0.487 e. The number of benzene rings is 1. The lowest BCUT2D eigenvalue weighted by atomic mass is 9.97. The SMILES string of the molecule is CC1COc2c(N3CCN(C)CC3)c(F)cc3c(=O)c(C(=O)NCCC4=CCCCC4)cn1c23. The van der Waals surface area contributed by atoms with Gasteiger partial charge in [-0.1, -0.05) is 11.6 Å². The van der Waals surface area contributed by atoms with Crippen molar-refractivity contribution < 1.29 is 13.9 Å². The van der Waals surface area contributed by atoms with Gasteiger partial charge in [-0.2, -0.15) is 0 Å². The lowest BCUT2D eigenvalue weighted by Gasteiger charge is -2.37. The molecule has 0 radical (unpaired) electrons. The summed E-state index contributed by atoms with van der Waals surface area (Å²) in [6.45, 7) is 5.85. The predicted molar refractivity (Wildman–Crippen MR) is 132 cm³/mol. The third-order valence-corrected chi connectivity index (χ3v) is 7.32. The summed E-state index contributed by atoms with van der Waals surface area (Å²) in [5, 5.41) is 3.10. The molecule has 0 spiro atoms. The van der Waals surface area contributed by atoms with Crippen molar-refractivity contribution in [3.05, 3.63) is 45.5 Å². The molecule has 3 aliphatic rings. The van der Waals surface area contributed by atoms with Gasteiger partial charge in [0.25, 0.3) is 5.91 Å². The Morgan fingerprint density at radius 1 is 1.24 bits per heavy atom. The molecule has 0 bridgehead atoms. The van der Waals surface area contributed by atoms with Crippen LogP contribution in [-0.4, -0.2) is 61.8 Å². The summed E-state index contributed by atoms with van der Waals surface area (Å²) in [4.78, 5) is 30.5. The molecule has 0 saturated carbocycles. The van der Waals surface area contributed by atoms with E-state index in [1.165, 1.54) is 24.5 Å². The van der Waals surface area contributed by atoms with Crippen LogP contribution in [-0.2, 0) is 0 Å². The Kier molecular flexibility index (Phi) is 6.34. The van der Waals surface area contributed by atoms with Gasteiger partial charge in [0.05, 0.1) is 16.9 Å². The van der Waals surface area contributed by atoms with E-state index in [-0.39, 0.29) is 17.0 Å². The number of pyridine rings is 1. The Hall–Kier alpha value is -2.87. The van der Waals surface area contributed by atoms with Crippen molar-refractivity contribution in [1.29, 1.82) is 0 Å². The van der Waals surface area contributed by atoms with Crippen molar-refractivity contribution in [2.24, 2.45) is 0 Å². The number of likely N-dealkylation sites (N-methyl/N-ethyl adjacent to an activating group) is 1. The van der Waals surface area contributed by atoms with E-state index >= 15 is 4.39 Å². The fourth-order valence-corrected chi connectivity index (χ4v) is 5.26. The number of hydrogen-bond donors (Lipinski definition) is 1. The van der Waals surface area contributed by atoms with E-state index in [1.54, 1.807) is 6.20 Å². The molecule has 34 heavy (non-hydrogen) atoms. The molecular formula is C26H33FN4O3. The molecule has 8 heteroatoms. The first kappa shape index (κ1) is 22.9. The molecule has 2 aromatic rings. The highest BCUT2D eigenvalue weighted by atomic mass is 19.1. The minimum absolute atomic E-state index is 0.0524. The summed E-state index contributed by atoms with van der Waals surface area (Å²) in [7, 11) is 2.05. The Morgan fingerprint density at radius 2 is 2.03 bits per heavy atom. The van der Waals surface area contributed by atoms with Gasteiger partial charge >= 0.3 is 0 Å². The highest BCUT2D eigenvalue weighted by Gasteiger charge is 2.31. The summed E-state index contributed by atoms with van der Waals surface area (Å²) in [6, 6.07) is 1.21. The van der Waals surface area contributed by atoms with Crippen molar-refractivity contribution in [1.82, 2.24) is 14.8 Å². The van der Waals surface area contributed by atoms with Gasteiger partial charge in [-0.25, -0.2) is 4.39 Å². The summed E-state index contributed by atoms with van der Waals surface area (Å²) >= 11 is 0. The number of rotatable bonds is 5. The maximum atomic E-state index is 15.4. The summed E-state index contributed by atoms with van der Waals surface area (Å²) in [5.41, 5.74) is 1.95. The van der Waals surface area contributed by atoms with Gasteiger partial charge in [0, 0.05) is 38.9 Å². The van der Waals surface area contributed by atoms with E-state index in [1.807, 2.05) is 23.4 Å². The monoisotopic (exact) mass is 468 g/mol. The quantitative estimate of drug-likeness (QED) is 0.681. The molecule has 3 heterocycles. The summed E-state index contributed by atoms with van der Waals surface area (Å²) < 4.78 is 23.4. The van der Waals surface area contributed by atoms with E-state index in [4.69, 9.17) is 4.74 Å². The number of piperazine rings is 1. The average Bonchev–Trinajstić information content (AvgIpc) is 2.84. The van der Waals surface area contributed by atoms with Crippen molar-refractivity contribution in [3.63, 3.8) is 0 Å². The zero-order valence-electron chi connectivity index (χ0n) is 20.0. The van der Waals surface area contributed by atoms with Gasteiger partial charge < -0.3 is 24.4 Å². The first-order chi connectivity index (χ1) is 16.4. The number of nitrogens with one attached hydrogen (secondary N) is 1. The number of ether oxygens (including phenoxy) is 1. The highest BCUT2D eigenvalue weighted by Crippen LogP contribution is 2.42. The molecule has 1 unspecified atom stereocenters. The molecular weight excluding hydrogens is 435 g/mol. The zero-order chi connectivity index (χ0) is 23.8. The number of allylic oxidation sites excluding steroid dienone is 1. The Morgan fingerprint density at radius 3 is 2.76 bits per heavy atom. The molecule has 1 aliphatic carbocycles. The van der Waals surface area contributed by atoms with Crippen LogP contribution >= 0.6 is 0 Å². The summed E-state index contributed by atoms with van der Waals surface area (Å²) in [5.74, 6) is -0.478. The van der Waals surface area contributed by atoms with E-state index < -0.39 is 17.2 Å². The van der Waals surface area contributed by atoms with Crippen molar-refractivity contribution in [2.75, 3.05) is 51.3 Å². The number of halogens is 1. The number of anilines is 1. The van der Waals surface area contributed by atoms with E-state index in [9.17, 15) is 9.59 Å². The van der Waals surface area contributed by atoms with Crippen LogP contribution < -0.4 is 20.4 Å². The fraction of sp³-hybridized carbons (Fsp3) is 0.538. The van der Waals surface area contributed by atoms with Crippen LogP contribution in [0.4, 0.5) is 10.1 Å². The van der Waals surface area contributed by atoms with Crippen LogP contribution in [0, 0.1) is 5.82 Å². The second-order valence-electron chi connectivity index (χ2n) is 9.78. The molecule has 182 valence electrons. The number of nitrogens with zero attached hydrogens (tertiary/aromatic N) is 3. The normalized spacial score (nSPS) is 20.7. The topological polar surface area (TPSA) is 66.8 Å². The lowest BCUT2D eigenvalue weighted by Crippen LogP contribution is -2.45. The number of aromatic nitrogens is 1. The van der Waals surface area contributed by atoms with Crippen LogP contribution in [0.15, 0.2) is 28.7 Å². The third kappa shape index (κ3) is 4.19. The van der Waals surface area contributed by atoms with Crippen molar-refractivity contribution in [3.8, 4) is 5.75 Å². The van der Waals surface area contributed by atoms with E-state index in [0.717, 1.165) is 32.4 Å². The van der Waals surface area contributed by atoms with Crippen molar-refractivity contribution >= 4 is 22.5 Å². The second kappa shape index (κ2) is 9.41. The lowest BCUT2D eigenvalue weighted by molar-refractivity contribution is 0.0952. The molecule has 1 aromatic carbocycles. The van der Waals surface area contributed by atoms with Crippen molar-refractivity contribution in [2.45, 2.75) is 45.1 Å². The number of carbonyl (C=O) groups excluding carboxylic acids is 1. The molecule has 1 N–H and O–H groups in total. The molecule has 1 atom stereocenters. The average molecular weight is 469 g/mol. The largest absolute Gasteiger partial charge is 0.487 e. The van der Waals surface area contributed by atoms with Crippen LogP contribution in [0.1, 0.15) is 55.4 Å². The number of amides is 1. The van der Waals surface area contributed by atoms with Gasteiger partial charge in [0.1, 0.15) is 17.9 Å². The highest BCUT2D eigenvalue weighted by molar-refractivity contribution is 6.00. The smallest absolute Gasteiger partial charge is 0.256 e. The predicted octanol–water partition coefficient (Wildman–Crippen LogP) is 3.47. The first-order valence-electron chi connectivity index (χ1n) is 12.4. The molecule has 5 rings (SSSR count). The summed E-state index contributed by atoms with van der Waals surface area (Å²) in [6.07, 6.45) is 9.28. The maximum absolute atomic E-state index is 15.4. The standard InChI is InChI=1S/C26H33FN4O3/c1-17-16-34-25-22-19(14-21(27)23(25)30-12-10-29(2)11-13-30)24(32)20(15-31(17)22)26(33)28-9-8-18-6-4-3-5-7-18/h6,14-15,17H,3-5,7-13,16H2,1-2H3,(H,28,33). The fourth-order valence-electron chi connectivity index (χ4n) is 5.26. The minimum atomic E-state index is -0.480. The third-order valence-electron chi connectivity index (χ3n) is 7.32. The molecule has 7 nitrogen and oxygen atoms in total.